The summed E-state index contributed by atoms with van der Waals surface area (Å²) in [6, 6.07) is 7.81. The molecule has 1 N–H and O–H groups in total. The number of nitrogens with zero attached hydrogens (tertiary/aromatic N) is 2. The molecule has 0 saturated carbocycles. The van der Waals surface area contributed by atoms with E-state index >= 15 is 0 Å². The molecule has 1 aromatic carbocycles. The lowest BCUT2D eigenvalue weighted by molar-refractivity contribution is -0.121. The minimum Gasteiger partial charge on any atom is -0.434 e. The van der Waals surface area contributed by atoms with Gasteiger partial charge in [-0.1, -0.05) is 12.1 Å². The van der Waals surface area contributed by atoms with Gasteiger partial charge in [-0.2, -0.15) is 8.78 Å². The fourth-order valence-electron chi connectivity index (χ4n) is 3.83. The second-order valence-corrected chi connectivity index (χ2v) is 7.50. The number of pyridine rings is 1. The number of benzene rings is 1. The predicted molar refractivity (Wildman–Crippen MR) is 109 cm³/mol. The smallest absolute Gasteiger partial charge is 0.387 e. The molecule has 1 atom stereocenters. The maximum atomic E-state index is 12.9. The summed E-state index contributed by atoms with van der Waals surface area (Å²) in [6.07, 6.45) is 1.29. The molecule has 0 spiro atoms. The highest BCUT2D eigenvalue weighted by Gasteiger charge is 2.30. The first-order valence-corrected chi connectivity index (χ1v) is 9.85. The molecule has 0 radical (unpaired) electrons. The van der Waals surface area contributed by atoms with Crippen LogP contribution in [-0.2, 0) is 4.79 Å². The molecule has 0 bridgehead atoms. The number of hydrogen-bond acceptors (Lipinski definition) is 4. The molecule has 1 saturated heterocycles. The highest BCUT2D eigenvalue weighted by Crippen LogP contribution is 2.26. The van der Waals surface area contributed by atoms with Crippen molar-refractivity contribution in [1.82, 2.24) is 9.88 Å². The number of aryl methyl sites for hydroxylation is 3. The molecule has 1 aliphatic rings. The van der Waals surface area contributed by atoms with E-state index in [0.717, 1.165) is 17.0 Å². The largest absolute Gasteiger partial charge is 0.434 e. The van der Waals surface area contributed by atoms with Crippen LogP contribution < -0.4 is 10.1 Å². The number of nitrogens with one attached hydrogen (secondary N) is 1. The van der Waals surface area contributed by atoms with Crippen molar-refractivity contribution in [2.45, 2.75) is 40.2 Å². The monoisotopic (exact) mass is 417 g/mol. The van der Waals surface area contributed by atoms with Gasteiger partial charge in [0.05, 0.1) is 22.9 Å². The van der Waals surface area contributed by atoms with E-state index in [1.807, 2.05) is 26.8 Å². The predicted octanol–water partition coefficient (Wildman–Crippen LogP) is 4.10. The van der Waals surface area contributed by atoms with Crippen molar-refractivity contribution in [2.75, 3.05) is 18.4 Å². The second kappa shape index (κ2) is 9.19. The van der Waals surface area contributed by atoms with Crippen LogP contribution in [0.3, 0.4) is 0 Å². The van der Waals surface area contributed by atoms with E-state index < -0.39 is 18.4 Å². The topological polar surface area (TPSA) is 71.5 Å². The first-order valence-electron chi connectivity index (χ1n) is 9.85. The Hall–Kier alpha value is -3.03. The van der Waals surface area contributed by atoms with Gasteiger partial charge in [0.2, 0.25) is 5.91 Å². The van der Waals surface area contributed by atoms with Gasteiger partial charge in [-0.25, -0.2) is 0 Å². The van der Waals surface area contributed by atoms with Crippen molar-refractivity contribution in [3.63, 3.8) is 0 Å². The van der Waals surface area contributed by atoms with Crippen LogP contribution in [-0.4, -0.2) is 41.4 Å². The molecule has 8 heteroatoms. The number of carbonyl (C=O) groups excluding carboxylic acids is 2. The number of para-hydroxylation sites is 1. The number of alkyl halides is 2. The van der Waals surface area contributed by atoms with Crippen LogP contribution in [0.5, 0.6) is 5.75 Å². The van der Waals surface area contributed by atoms with Crippen LogP contribution in [0, 0.1) is 26.7 Å². The van der Waals surface area contributed by atoms with Gasteiger partial charge in [-0.3, -0.25) is 14.6 Å². The van der Waals surface area contributed by atoms with E-state index in [0.29, 0.717) is 25.1 Å². The lowest BCUT2D eigenvalue weighted by atomic mass is 9.96. The Bertz CT molecular complexity index is 926. The Morgan fingerprint density at radius 3 is 2.67 bits per heavy atom. The lowest BCUT2D eigenvalue weighted by Crippen LogP contribution is -2.44. The first kappa shape index (κ1) is 21.7. The maximum Gasteiger partial charge on any atom is 0.387 e. The Morgan fingerprint density at radius 1 is 1.23 bits per heavy atom. The van der Waals surface area contributed by atoms with Crippen LogP contribution in [0.25, 0.3) is 0 Å². The third-order valence-corrected chi connectivity index (χ3v) is 5.19. The fraction of sp³-hybridized carbons (Fsp3) is 0.409. The molecule has 3 rings (SSSR count). The Kier molecular flexibility index (Phi) is 6.64. The average molecular weight is 417 g/mol. The zero-order valence-corrected chi connectivity index (χ0v) is 17.2. The first-order chi connectivity index (χ1) is 14.3. The summed E-state index contributed by atoms with van der Waals surface area (Å²) in [5.41, 5.74) is 3.29. The van der Waals surface area contributed by atoms with E-state index in [1.165, 1.54) is 23.1 Å². The lowest BCUT2D eigenvalue weighted by Gasteiger charge is -2.32. The third kappa shape index (κ3) is 4.93. The molecule has 0 aliphatic carbocycles. The zero-order chi connectivity index (χ0) is 21.8. The van der Waals surface area contributed by atoms with E-state index in [1.54, 1.807) is 6.07 Å². The molecule has 2 amide bonds. The molecule has 1 unspecified atom stereocenters. The fourth-order valence-corrected chi connectivity index (χ4v) is 3.83. The molecular weight excluding hydrogens is 392 g/mol. The van der Waals surface area contributed by atoms with Gasteiger partial charge in [0.1, 0.15) is 5.75 Å². The quantitative estimate of drug-likeness (QED) is 0.795. The van der Waals surface area contributed by atoms with Crippen LogP contribution >= 0.6 is 0 Å². The number of hydrogen-bond donors (Lipinski definition) is 1. The van der Waals surface area contributed by atoms with Crippen molar-refractivity contribution in [2.24, 2.45) is 5.92 Å². The number of amides is 2. The van der Waals surface area contributed by atoms with E-state index in [-0.39, 0.29) is 23.8 Å². The Morgan fingerprint density at radius 2 is 1.97 bits per heavy atom. The normalized spacial score (nSPS) is 16.5. The van der Waals surface area contributed by atoms with Gasteiger partial charge >= 0.3 is 6.61 Å². The van der Waals surface area contributed by atoms with Gasteiger partial charge in [-0.05, 0) is 57.4 Å². The number of ether oxygens (including phenoxy) is 1. The zero-order valence-electron chi connectivity index (χ0n) is 17.2. The van der Waals surface area contributed by atoms with Crippen LogP contribution in [0.15, 0.2) is 30.3 Å². The molecule has 1 aliphatic heterocycles. The number of carbonyl (C=O) groups is 2. The SMILES string of the molecule is Cc1cc(C)c(NC(=O)C2CCCN(C(=O)c3ccccc3OC(F)F)C2)c(C)n1. The van der Waals surface area contributed by atoms with Crippen LogP contribution in [0.2, 0.25) is 0 Å². The number of halogens is 2. The molecule has 30 heavy (non-hydrogen) atoms. The summed E-state index contributed by atoms with van der Waals surface area (Å²) < 4.78 is 29.8. The number of anilines is 1. The third-order valence-electron chi connectivity index (χ3n) is 5.19. The number of likely N-dealkylation sites (tertiary alicyclic amines) is 1. The van der Waals surface area contributed by atoms with Crippen molar-refractivity contribution >= 4 is 17.5 Å². The molecule has 2 aromatic rings. The molecule has 160 valence electrons. The highest BCUT2D eigenvalue weighted by atomic mass is 19.3. The minimum absolute atomic E-state index is 0.0632. The molecule has 1 fully saturated rings. The number of rotatable bonds is 5. The Balaban J connectivity index is 1.73. The minimum atomic E-state index is -3.02. The highest BCUT2D eigenvalue weighted by molar-refractivity contribution is 5.98. The van der Waals surface area contributed by atoms with E-state index in [2.05, 4.69) is 15.0 Å². The molecule has 2 heterocycles. The summed E-state index contributed by atoms with van der Waals surface area (Å²) in [4.78, 5) is 31.7. The summed E-state index contributed by atoms with van der Waals surface area (Å²) >= 11 is 0. The molecule has 1 aromatic heterocycles. The average Bonchev–Trinajstić information content (AvgIpc) is 2.70. The van der Waals surface area contributed by atoms with E-state index in [4.69, 9.17) is 0 Å². The standard InChI is InChI=1S/C22H25F2N3O3/c1-13-11-14(2)25-15(3)19(13)26-20(28)16-7-6-10-27(12-16)21(29)17-8-4-5-9-18(17)30-22(23)24/h4-5,8-9,11,16,22H,6-7,10,12H2,1-3H3,(H,26,28). The van der Waals surface area contributed by atoms with Gasteiger partial charge in [0, 0.05) is 18.8 Å². The Labute approximate surface area is 174 Å². The summed E-state index contributed by atoms with van der Waals surface area (Å²) in [5.74, 6) is -1.17. The maximum absolute atomic E-state index is 12.9. The summed E-state index contributed by atoms with van der Waals surface area (Å²) in [7, 11) is 0. The second-order valence-electron chi connectivity index (χ2n) is 7.50. The van der Waals surface area contributed by atoms with Gasteiger partial charge in [0.25, 0.3) is 5.91 Å². The van der Waals surface area contributed by atoms with Crippen LogP contribution in [0.4, 0.5) is 14.5 Å². The van der Waals surface area contributed by atoms with E-state index in [9.17, 15) is 18.4 Å². The van der Waals surface area contributed by atoms with Crippen molar-refractivity contribution in [1.29, 1.82) is 0 Å². The van der Waals surface area contributed by atoms with Crippen molar-refractivity contribution in [3.05, 3.63) is 52.8 Å². The van der Waals surface area contributed by atoms with Gasteiger partial charge < -0.3 is 15.0 Å². The molecular formula is C22H25F2N3O3. The van der Waals surface area contributed by atoms with Crippen molar-refractivity contribution < 1.29 is 23.1 Å². The number of aromatic nitrogens is 1. The van der Waals surface area contributed by atoms with Gasteiger partial charge in [-0.15, -0.1) is 0 Å². The summed E-state index contributed by atoms with van der Waals surface area (Å²) in [5, 5.41) is 2.95. The molecule has 6 nitrogen and oxygen atoms in total. The van der Waals surface area contributed by atoms with Gasteiger partial charge in [0.15, 0.2) is 0 Å². The van der Waals surface area contributed by atoms with Crippen molar-refractivity contribution in [3.8, 4) is 5.75 Å². The van der Waals surface area contributed by atoms with Crippen LogP contribution in [0.1, 0.15) is 40.2 Å². The summed E-state index contributed by atoms with van der Waals surface area (Å²) in [6.45, 7) is 3.29. The number of piperidine rings is 1.